The fourth-order valence-electron chi connectivity index (χ4n) is 3.01. The second-order valence-electron chi connectivity index (χ2n) is 5.59. The summed E-state index contributed by atoms with van der Waals surface area (Å²) in [5.41, 5.74) is 1.33. The SMILES string of the molecule is COc1ccc(O)c(C(=O)N2CCCC2c2ccc(Cl)cc2)c1. The quantitative estimate of drug-likeness (QED) is 0.923. The third-order valence-electron chi connectivity index (χ3n) is 4.20. The molecule has 1 amide bonds. The molecule has 3 rings (SSSR count). The highest BCUT2D eigenvalue weighted by Crippen LogP contribution is 2.35. The molecule has 0 aromatic heterocycles. The molecule has 0 spiro atoms. The number of hydrogen-bond donors (Lipinski definition) is 1. The van der Waals surface area contributed by atoms with Gasteiger partial charge < -0.3 is 14.7 Å². The molecule has 120 valence electrons. The lowest BCUT2D eigenvalue weighted by Gasteiger charge is -2.25. The summed E-state index contributed by atoms with van der Waals surface area (Å²) >= 11 is 5.94. The van der Waals surface area contributed by atoms with Gasteiger partial charge >= 0.3 is 0 Å². The molecule has 1 heterocycles. The van der Waals surface area contributed by atoms with Gasteiger partial charge in [0.2, 0.25) is 0 Å². The predicted molar refractivity (Wildman–Crippen MR) is 89.1 cm³/mol. The first-order chi connectivity index (χ1) is 11.1. The molecule has 1 aliphatic heterocycles. The van der Waals surface area contributed by atoms with Crippen molar-refractivity contribution >= 4 is 17.5 Å². The Kier molecular flexibility index (Phi) is 4.44. The minimum Gasteiger partial charge on any atom is -0.507 e. The van der Waals surface area contributed by atoms with E-state index in [0.717, 1.165) is 18.4 Å². The number of aromatic hydroxyl groups is 1. The number of rotatable bonds is 3. The second kappa shape index (κ2) is 6.50. The van der Waals surface area contributed by atoms with Gasteiger partial charge in [-0.15, -0.1) is 0 Å². The summed E-state index contributed by atoms with van der Waals surface area (Å²) in [7, 11) is 1.53. The Bertz CT molecular complexity index is 715. The van der Waals surface area contributed by atoms with Crippen molar-refractivity contribution in [2.24, 2.45) is 0 Å². The van der Waals surface area contributed by atoms with Gasteiger partial charge in [-0.25, -0.2) is 0 Å². The van der Waals surface area contributed by atoms with Gasteiger partial charge in [-0.05, 0) is 48.7 Å². The van der Waals surface area contributed by atoms with Gasteiger partial charge in [-0.3, -0.25) is 4.79 Å². The van der Waals surface area contributed by atoms with Crippen LogP contribution in [0.5, 0.6) is 11.5 Å². The zero-order valence-corrected chi connectivity index (χ0v) is 13.6. The first-order valence-corrected chi connectivity index (χ1v) is 7.91. The number of benzene rings is 2. The number of likely N-dealkylation sites (tertiary alicyclic amines) is 1. The summed E-state index contributed by atoms with van der Waals surface area (Å²) in [5, 5.41) is 10.7. The summed E-state index contributed by atoms with van der Waals surface area (Å²) < 4.78 is 5.15. The third kappa shape index (κ3) is 3.13. The van der Waals surface area contributed by atoms with Crippen molar-refractivity contribution in [3.63, 3.8) is 0 Å². The number of phenolic OH excluding ortho intramolecular Hbond substituents is 1. The number of carbonyl (C=O) groups is 1. The third-order valence-corrected chi connectivity index (χ3v) is 4.45. The molecule has 4 nitrogen and oxygen atoms in total. The zero-order valence-electron chi connectivity index (χ0n) is 12.8. The highest BCUT2D eigenvalue weighted by atomic mass is 35.5. The normalized spacial score (nSPS) is 17.3. The van der Waals surface area contributed by atoms with Crippen molar-refractivity contribution in [2.75, 3.05) is 13.7 Å². The first kappa shape index (κ1) is 15.7. The number of amides is 1. The van der Waals surface area contributed by atoms with Crippen LogP contribution in [0.2, 0.25) is 5.02 Å². The molecule has 0 radical (unpaired) electrons. The van der Waals surface area contributed by atoms with E-state index in [1.54, 1.807) is 17.0 Å². The van der Waals surface area contributed by atoms with Gasteiger partial charge in [0, 0.05) is 11.6 Å². The second-order valence-corrected chi connectivity index (χ2v) is 6.03. The van der Waals surface area contributed by atoms with Crippen LogP contribution in [-0.2, 0) is 0 Å². The van der Waals surface area contributed by atoms with Gasteiger partial charge in [0.05, 0.1) is 18.7 Å². The van der Waals surface area contributed by atoms with Gasteiger partial charge in [-0.2, -0.15) is 0 Å². The molecule has 1 saturated heterocycles. The zero-order chi connectivity index (χ0) is 16.4. The van der Waals surface area contributed by atoms with Crippen molar-refractivity contribution in [1.82, 2.24) is 4.90 Å². The standard InChI is InChI=1S/C18H18ClNO3/c1-23-14-8-9-17(21)15(11-14)18(22)20-10-2-3-16(20)12-4-6-13(19)7-5-12/h4-9,11,16,21H,2-3,10H2,1H3. The Morgan fingerprint density at radius 1 is 1.26 bits per heavy atom. The lowest BCUT2D eigenvalue weighted by atomic mass is 10.0. The molecular weight excluding hydrogens is 314 g/mol. The highest BCUT2D eigenvalue weighted by Gasteiger charge is 2.31. The van der Waals surface area contributed by atoms with Crippen molar-refractivity contribution in [2.45, 2.75) is 18.9 Å². The lowest BCUT2D eigenvalue weighted by molar-refractivity contribution is 0.0732. The van der Waals surface area contributed by atoms with Crippen LogP contribution in [0.15, 0.2) is 42.5 Å². The number of ether oxygens (including phenoxy) is 1. The summed E-state index contributed by atoms with van der Waals surface area (Å²) in [6.45, 7) is 0.669. The van der Waals surface area contributed by atoms with E-state index in [1.807, 2.05) is 24.3 Å². The Hall–Kier alpha value is -2.20. The number of halogens is 1. The minimum atomic E-state index is -0.182. The van der Waals surface area contributed by atoms with Crippen LogP contribution in [0.25, 0.3) is 0 Å². The maximum Gasteiger partial charge on any atom is 0.258 e. The Balaban J connectivity index is 1.90. The van der Waals surface area contributed by atoms with E-state index in [9.17, 15) is 9.90 Å². The minimum absolute atomic E-state index is 0.00497. The number of methoxy groups -OCH3 is 1. The highest BCUT2D eigenvalue weighted by molar-refractivity contribution is 6.30. The van der Waals surface area contributed by atoms with E-state index >= 15 is 0 Å². The van der Waals surface area contributed by atoms with E-state index in [0.29, 0.717) is 17.3 Å². The van der Waals surface area contributed by atoms with Gasteiger partial charge in [0.25, 0.3) is 5.91 Å². The average molecular weight is 332 g/mol. The average Bonchev–Trinajstić information content (AvgIpc) is 3.05. The van der Waals surface area contributed by atoms with Crippen molar-refractivity contribution in [1.29, 1.82) is 0 Å². The molecule has 1 unspecified atom stereocenters. The van der Waals surface area contributed by atoms with Crippen molar-refractivity contribution in [3.05, 3.63) is 58.6 Å². The first-order valence-electron chi connectivity index (χ1n) is 7.53. The molecular formula is C18H18ClNO3. The van der Waals surface area contributed by atoms with Crippen LogP contribution >= 0.6 is 11.6 Å². The number of phenols is 1. The van der Waals surface area contributed by atoms with Crippen LogP contribution in [0.3, 0.4) is 0 Å². The Morgan fingerprint density at radius 2 is 2.00 bits per heavy atom. The Morgan fingerprint density at radius 3 is 2.70 bits per heavy atom. The van der Waals surface area contributed by atoms with Gasteiger partial charge in [-0.1, -0.05) is 23.7 Å². The van der Waals surface area contributed by atoms with E-state index in [4.69, 9.17) is 16.3 Å². The van der Waals surface area contributed by atoms with E-state index in [-0.39, 0.29) is 23.3 Å². The van der Waals surface area contributed by atoms with E-state index < -0.39 is 0 Å². The number of hydrogen-bond acceptors (Lipinski definition) is 3. The molecule has 1 N–H and O–H groups in total. The maximum absolute atomic E-state index is 12.9. The van der Waals surface area contributed by atoms with Crippen LogP contribution in [0.4, 0.5) is 0 Å². The number of nitrogens with zero attached hydrogens (tertiary/aromatic N) is 1. The lowest BCUT2D eigenvalue weighted by Crippen LogP contribution is -2.30. The van der Waals surface area contributed by atoms with Crippen molar-refractivity contribution < 1.29 is 14.6 Å². The molecule has 2 aromatic carbocycles. The molecule has 0 saturated carbocycles. The summed E-state index contributed by atoms with van der Waals surface area (Å²) in [6, 6.07) is 12.3. The maximum atomic E-state index is 12.9. The summed E-state index contributed by atoms with van der Waals surface area (Å²) in [5.74, 6) is 0.338. The fourth-order valence-corrected chi connectivity index (χ4v) is 3.14. The number of carbonyl (C=O) groups excluding carboxylic acids is 1. The van der Waals surface area contributed by atoms with Crippen LogP contribution in [0, 0.1) is 0 Å². The molecule has 0 aliphatic carbocycles. The smallest absolute Gasteiger partial charge is 0.258 e. The van der Waals surface area contributed by atoms with Crippen molar-refractivity contribution in [3.8, 4) is 11.5 Å². The molecule has 23 heavy (non-hydrogen) atoms. The van der Waals surface area contributed by atoms with Crippen LogP contribution < -0.4 is 4.74 Å². The molecule has 1 aliphatic rings. The van der Waals surface area contributed by atoms with Gasteiger partial charge in [0.1, 0.15) is 11.5 Å². The molecule has 5 heteroatoms. The van der Waals surface area contributed by atoms with E-state index in [1.165, 1.54) is 13.2 Å². The largest absolute Gasteiger partial charge is 0.507 e. The summed E-state index contributed by atoms with van der Waals surface area (Å²) in [6.07, 6.45) is 1.84. The monoisotopic (exact) mass is 331 g/mol. The summed E-state index contributed by atoms with van der Waals surface area (Å²) in [4.78, 5) is 14.7. The fraction of sp³-hybridized carbons (Fsp3) is 0.278. The molecule has 1 atom stereocenters. The topological polar surface area (TPSA) is 49.8 Å². The van der Waals surface area contributed by atoms with Crippen LogP contribution in [0.1, 0.15) is 34.8 Å². The molecule has 0 bridgehead atoms. The van der Waals surface area contributed by atoms with Crippen LogP contribution in [-0.4, -0.2) is 29.6 Å². The predicted octanol–water partition coefficient (Wildman–Crippen LogP) is 4.03. The van der Waals surface area contributed by atoms with E-state index in [2.05, 4.69) is 0 Å². The van der Waals surface area contributed by atoms with Gasteiger partial charge in [0.15, 0.2) is 0 Å². The molecule has 1 fully saturated rings. The Labute approximate surface area is 140 Å². The molecule has 2 aromatic rings.